The molecule has 0 spiro atoms. The molecule has 0 saturated heterocycles. The van der Waals surface area contributed by atoms with Crippen molar-refractivity contribution >= 4 is 15.2 Å². The van der Waals surface area contributed by atoms with Crippen LogP contribution in [0.5, 0.6) is 0 Å². The van der Waals surface area contributed by atoms with Gasteiger partial charge in [-0.1, -0.05) is 0 Å². The maximum absolute atomic E-state index is 12.5. The maximum atomic E-state index is 12.5. The lowest BCUT2D eigenvalue weighted by Crippen LogP contribution is -2.55. The number of hydrogen-bond acceptors (Lipinski definition) is 8. The lowest BCUT2D eigenvalue weighted by Gasteiger charge is -2.40. The molecule has 0 heterocycles. The second-order valence-electron chi connectivity index (χ2n) is 3.63. The third-order valence-electron chi connectivity index (χ3n) is 2.53. The molecule has 116 valence electrons. The fourth-order valence-corrected chi connectivity index (χ4v) is 5.40. The maximum Gasteiger partial charge on any atom is 0.315 e. The van der Waals surface area contributed by atoms with E-state index < -0.39 is 27.3 Å². The quantitative estimate of drug-likeness (QED) is 0.111. The van der Waals surface area contributed by atoms with E-state index in [4.69, 9.17) is 34.8 Å². The van der Waals surface area contributed by atoms with Crippen LogP contribution in [0.15, 0.2) is 0 Å². The van der Waals surface area contributed by atoms with Crippen LogP contribution in [-0.2, 0) is 9.13 Å². The minimum atomic E-state index is -3.86. The molecule has 13 nitrogen and oxygen atoms in total. The van der Waals surface area contributed by atoms with Crippen molar-refractivity contribution in [2.24, 2.45) is 34.8 Å². The van der Waals surface area contributed by atoms with Crippen LogP contribution in [0.4, 0.5) is 0 Å². The van der Waals surface area contributed by atoms with Gasteiger partial charge in [-0.2, -0.15) is 20.8 Å². The minimum absolute atomic E-state index is 0.0297. The molecule has 0 saturated carbocycles. The van der Waals surface area contributed by atoms with Crippen molar-refractivity contribution in [2.75, 3.05) is 6.54 Å². The first kappa shape index (κ1) is 19.0. The number of rotatable bonds is 9. The topological polar surface area (TPSA) is 242 Å². The zero-order valence-electron chi connectivity index (χ0n) is 10.5. The van der Waals surface area contributed by atoms with Crippen molar-refractivity contribution in [3.63, 3.8) is 0 Å². The summed E-state index contributed by atoms with van der Waals surface area (Å²) in [6, 6.07) is -1.48. The molecule has 0 aliphatic rings. The van der Waals surface area contributed by atoms with E-state index in [1.807, 2.05) is 20.8 Å². The molecular weight excluding hydrogens is 296 g/mol. The van der Waals surface area contributed by atoms with Crippen LogP contribution >= 0.6 is 15.2 Å². The molecule has 15 heteroatoms. The summed E-state index contributed by atoms with van der Waals surface area (Å²) in [6.45, 7) is 1.54. The molecule has 0 fully saturated rings. The van der Waals surface area contributed by atoms with Gasteiger partial charge < -0.3 is 11.5 Å². The van der Waals surface area contributed by atoms with Crippen LogP contribution in [0.1, 0.15) is 6.92 Å². The summed E-state index contributed by atoms with van der Waals surface area (Å²) < 4.78 is 25.8. The minimum Gasteiger partial charge on any atom is -0.329 e. The fourth-order valence-electron chi connectivity index (χ4n) is 1.37. The third kappa shape index (κ3) is 4.00. The molecule has 19 heavy (non-hydrogen) atoms. The smallest absolute Gasteiger partial charge is 0.315 e. The summed E-state index contributed by atoms with van der Waals surface area (Å²) >= 11 is 0. The molecule has 0 bridgehead atoms. The summed E-state index contributed by atoms with van der Waals surface area (Å²) in [7, 11) is -7.73. The highest BCUT2D eigenvalue weighted by molar-refractivity contribution is 7.72. The predicted molar refractivity (Wildman–Crippen MR) is 72.8 cm³/mol. The molecule has 2 unspecified atom stereocenters. The average Bonchev–Trinajstić information content (AvgIpc) is 2.45. The molecule has 0 aromatic carbocycles. The first-order chi connectivity index (χ1) is 8.76. The molecule has 0 amide bonds. The number of nitrogens with two attached hydrogens (primary N) is 6. The summed E-state index contributed by atoms with van der Waals surface area (Å²) in [5.74, 6) is 20.7. The second kappa shape index (κ2) is 7.71. The van der Waals surface area contributed by atoms with Crippen LogP contribution in [0, 0.1) is 0 Å². The van der Waals surface area contributed by atoms with Gasteiger partial charge in [-0.25, -0.2) is 0 Å². The summed E-state index contributed by atoms with van der Waals surface area (Å²) in [6.07, 6.45) is 0. The van der Waals surface area contributed by atoms with Gasteiger partial charge in [-0.05, 0) is 6.92 Å². The molecule has 0 rings (SSSR count). The van der Waals surface area contributed by atoms with Gasteiger partial charge in [0, 0.05) is 18.6 Å². The van der Waals surface area contributed by atoms with E-state index in [0.717, 1.165) is 4.44 Å². The van der Waals surface area contributed by atoms with E-state index in [0.29, 0.717) is 0 Å². The largest absolute Gasteiger partial charge is 0.329 e. The first-order valence-corrected chi connectivity index (χ1v) is 8.45. The summed E-state index contributed by atoms with van der Waals surface area (Å²) in [5.41, 5.74) is 11.2. The van der Waals surface area contributed by atoms with Gasteiger partial charge in [0.2, 0.25) is 0 Å². The van der Waals surface area contributed by atoms with Gasteiger partial charge >= 0.3 is 15.2 Å². The van der Waals surface area contributed by atoms with Crippen molar-refractivity contribution in [3.8, 4) is 0 Å². The lowest BCUT2D eigenvalue weighted by molar-refractivity contribution is 0.369. The van der Waals surface area contributed by atoms with Crippen molar-refractivity contribution in [1.29, 1.82) is 0 Å². The zero-order valence-corrected chi connectivity index (χ0v) is 12.3. The van der Waals surface area contributed by atoms with Crippen molar-refractivity contribution in [1.82, 2.24) is 25.2 Å². The average molecular weight is 319 g/mol. The van der Waals surface area contributed by atoms with Crippen LogP contribution < -0.4 is 55.6 Å². The van der Waals surface area contributed by atoms with E-state index in [1.165, 1.54) is 6.92 Å². The van der Waals surface area contributed by atoms with Gasteiger partial charge in [0.15, 0.2) is 0 Å². The zero-order chi connectivity index (χ0) is 15.3. The van der Waals surface area contributed by atoms with Crippen molar-refractivity contribution < 1.29 is 9.13 Å². The monoisotopic (exact) mass is 319 g/mol. The van der Waals surface area contributed by atoms with Crippen LogP contribution in [0.3, 0.4) is 0 Å². The number of hydrazine groups is 4. The Morgan fingerprint density at radius 2 is 1.32 bits per heavy atom. The SMILES string of the molecule is CC(C(N)CN)N(P(=O)(NN)NN)P(=O)(NN)NN. The predicted octanol–water partition coefficient (Wildman–Crippen LogP) is -3.97. The van der Waals surface area contributed by atoms with E-state index in [-0.39, 0.29) is 6.54 Å². The second-order valence-corrected chi connectivity index (χ2v) is 8.14. The van der Waals surface area contributed by atoms with Gasteiger partial charge in [-0.3, -0.25) is 32.5 Å². The molecule has 0 aromatic rings. The number of nitrogens with one attached hydrogen (secondary N) is 4. The Morgan fingerprint density at radius 1 is 1.00 bits per heavy atom. The van der Waals surface area contributed by atoms with Crippen LogP contribution in [0.25, 0.3) is 0 Å². The Balaban J connectivity index is 5.76. The van der Waals surface area contributed by atoms with E-state index >= 15 is 0 Å². The van der Waals surface area contributed by atoms with E-state index in [9.17, 15) is 9.13 Å². The number of hydrogen-bond donors (Lipinski definition) is 10. The fraction of sp³-hybridized carbons (Fsp3) is 1.00. The molecular formula is C4H23N11O2P2. The molecule has 2 atom stereocenters. The highest BCUT2D eigenvalue weighted by Crippen LogP contribution is 2.57. The van der Waals surface area contributed by atoms with Crippen LogP contribution in [-0.4, -0.2) is 23.1 Å². The van der Waals surface area contributed by atoms with E-state index in [2.05, 4.69) is 0 Å². The number of nitrogens with zero attached hydrogens (tertiary/aromatic N) is 1. The Kier molecular flexibility index (Phi) is 7.72. The normalized spacial score (nSPS) is 16.6. The Labute approximate surface area is 111 Å². The molecule has 16 N–H and O–H groups in total. The lowest BCUT2D eigenvalue weighted by atomic mass is 10.2. The Hall–Kier alpha value is 0.0200. The van der Waals surface area contributed by atoms with Gasteiger partial charge in [0.1, 0.15) is 0 Å². The standard InChI is InChI=1S/C4H23N11O2P2/c1-3(4(6)2-5)15(18(16,11-7)12-8)19(17,13-9)14-10/h3-4H,2,5-10H2,1H3,(H2,11,12,16)(H2,13,14,17). The highest BCUT2D eigenvalue weighted by Gasteiger charge is 2.46. The Bertz CT molecular complexity index is 323. The molecule has 0 aliphatic heterocycles. The molecule has 0 aliphatic carbocycles. The van der Waals surface area contributed by atoms with Gasteiger partial charge in [0.25, 0.3) is 0 Å². The third-order valence-corrected chi connectivity index (χ3v) is 7.33. The van der Waals surface area contributed by atoms with E-state index in [1.54, 1.807) is 0 Å². The summed E-state index contributed by atoms with van der Waals surface area (Å²) in [5, 5.41) is 7.79. The molecule has 0 aromatic heterocycles. The van der Waals surface area contributed by atoms with Crippen molar-refractivity contribution in [3.05, 3.63) is 0 Å². The molecule has 0 radical (unpaired) electrons. The first-order valence-electron chi connectivity index (χ1n) is 5.13. The van der Waals surface area contributed by atoms with Gasteiger partial charge in [-0.15, -0.1) is 4.44 Å². The highest BCUT2D eigenvalue weighted by atomic mass is 31.2. The van der Waals surface area contributed by atoms with Crippen molar-refractivity contribution in [2.45, 2.75) is 19.0 Å². The van der Waals surface area contributed by atoms with Crippen LogP contribution in [0.2, 0.25) is 0 Å². The summed E-state index contributed by atoms with van der Waals surface area (Å²) in [4.78, 5) is 0. The van der Waals surface area contributed by atoms with Gasteiger partial charge in [0.05, 0.1) is 0 Å². The Morgan fingerprint density at radius 3 is 1.53 bits per heavy atom.